The lowest BCUT2D eigenvalue weighted by atomic mass is 10.3. The van der Waals surface area contributed by atoms with Gasteiger partial charge in [-0.25, -0.2) is 0 Å². The van der Waals surface area contributed by atoms with Crippen molar-refractivity contribution >= 4 is 23.0 Å². The van der Waals surface area contributed by atoms with Crippen molar-refractivity contribution in [3.8, 4) is 0 Å². The molecule has 3 aromatic rings. The second-order valence-electron chi connectivity index (χ2n) is 5.96. The number of nitrogens with one attached hydrogen (secondary N) is 1. The van der Waals surface area contributed by atoms with E-state index in [0.29, 0.717) is 24.4 Å². The van der Waals surface area contributed by atoms with E-state index in [1.807, 2.05) is 19.0 Å². The van der Waals surface area contributed by atoms with Crippen LogP contribution in [-0.2, 0) is 6.54 Å². The first-order chi connectivity index (χ1) is 11.9. The maximum Gasteiger partial charge on any atom is 0.372 e. The number of aliphatic hydroxyl groups excluding tert-OH is 1. The van der Waals surface area contributed by atoms with Crippen LogP contribution in [0, 0.1) is 10.1 Å². The number of fused-ring (bicyclic) bond motifs is 1. The highest BCUT2D eigenvalue weighted by Crippen LogP contribution is 2.27. The lowest BCUT2D eigenvalue weighted by molar-refractivity contribution is -0.389. The highest BCUT2D eigenvalue weighted by molar-refractivity contribution is 5.68. The van der Waals surface area contributed by atoms with Crippen molar-refractivity contribution in [3.63, 3.8) is 0 Å². The largest absolute Gasteiger partial charge is 0.390 e. The topological polar surface area (TPSA) is 114 Å². The molecule has 0 amide bonds. The third-order valence-electron chi connectivity index (χ3n) is 3.55. The molecule has 0 aliphatic heterocycles. The maximum absolute atomic E-state index is 11.4. The molecule has 0 aliphatic rings. The summed E-state index contributed by atoms with van der Waals surface area (Å²) in [5, 5.41) is 28.4. The Balaban J connectivity index is 1.80. The lowest BCUT2D eigenvalue weighted by Gasteiger charge is -2.15. The molecule has 0 fully saturated rings. The van der Waals surface area contributed by atoms with E-state index in [1.165, 1.54) is 10.6 Å². The molecule has 0 aromatic carbocycles. The second-order valence-corrected chi connectivity index (χ2v) is 5.96. The predicted molar refractivity (Wildman–Crippen MR) is 91.9 cm³/mol. The van der Waals surface area contributed by atoms with E-state index >= 15 is 0 Å². The summed E-state index contributed by atoms with van der Waals surface area (Å²) in [6.07, 6.45) is 4.24. The van der Waals surface area contributed by atoms with Crippen molar-refractivity contribution in [2.24, 2.45) is 0 Å². The number of likely N-dealkylation sites (N-methyl/N-ethyl adjacent to an activating group) is 1. The quantitative estimate of drug-likeness (QED) is 0.487. The van der Waals surface area contributed by atoms with Gasteiger partial charge in [0.25, 0.3) is 0 Å². The average Bonchev–Trinajstić information content (AvgIpc) is 3.10. The molecule has 10 nitrogen and oxygen atoms in total. The molecule has 3 aromatic heterocycles. The van der Waals surface area contributed by atoms with Gasteiger partial charge in [-0.05, 0) is 25.1 Å². The fourth-order valence-corrected chi connectivity index (χ4v) is 2.60. The van der Waals surface area contributed by atoms with Crippen LogP contribution in [0.1, 0.15) is 0 Å². The molecule has 3 heterocycles. The number of pyridine rings is 1. The van der Waals surface area contributed by atoms with Crippen LogP contribution in [0.15, 0.2) is 36.8 Å². The Bertz CT molecular complexity index is 886. The molecule has 3 rings (SSSR count). The van der Waals surface area contributed by atoms with Gasteiger partial charge < -0.3 is 25.4 Å². The van der Waals surface area contributed by atoms with Crippen molar-refractivity contribution in [2.75, 3.05) is 26.0 Å². The minimum absolute atomic E-state index is 0.143. The SMILES string of the molecule is CN(C)CC(O)Cn1cc(Nc2nc3ccccn3c2[N+](=O)[O-])cn1. The number of nitro groups is 1. The zero-order chi connectivity index (χ0) is 18.0. The van der Waals surface area contributed by atoms with Gasteiger partial charge >= 0.3 is 5.82 Å². The van der Waals surface area contributed by atoms with Gasteiger partial charge in [0.15, 0.2) is 0 Å². The summed E-state index contributed by atoms with van der Waals surface area (Å²) in [5.74, 6) is 0.000539. The maximum atomic E-state index is 11.4. The fourth-order valence-electron chi connectivity index (χ4n) is 2.60. The molecular weight excluding hydrogens is 326 g/mol. The van der Waals surface area contributed by atoms with Gasteiger partial charge in [-0.3, -0.25) is 4.68 Å². The second kappa shape index (κ2) is 6.87. The number of hydrogen-bond acceptors (Lipinski definition) is 7. The zero-order valence-electron chi connectivity index (χ0n) is 13.9. The summed E-state index contributed by atoms with van der Waals surface area (Å²) in [4.78, 5) is 17.0. The number of aromatic nitrogens is 4. The molecule has 25 heavy (non-hydrogen) atoms. The van der Waals surface area contributed by atoms with Crippen LogP contribution >= 0.6 is 0 Å². The summed E-state index contributed by atoms with van der Waals surface area (Å²) in [7, 11) is 3.75. The highest BCUT2D eigenvalue weighted by atomic mass is 16.6. The molecule has 1 unspecified atom stereocenters. The molecule has 0 aliphatic carbocycles. The van der Waals surface area contributed by atoms with E-state index in [1.54, 1.807) is 35.3 Å². The van der Waals surface area contributed by atoms with Gasteiger partial charge in [0.1, 0.15) is 0 Å². The van der Waals surface area contributed by atoms with Crippen molar-refractivity contribution < 1.29 is 10.0 Å². The molecule has 0 bridgehead atoms. The van der Waals surface area contributed by atoms with Crippen LogP contribution < -0.4 is 5.32 Å². The Morgan fingerprint density at radius 1 is 1.44 bits per heavy atom. The minimum Gasteiger partial charge on any atom is -0.390 e. The molecule has 0 radical (unpaired) electrons. The normalized spacial score (nSPS) is 12.6. The molecule has 0 saturated carbocycles. The number of imidazole rings is 1. The Hall–Kier alpha value is -2.98. The first kappa shape index (κ1) is 16.9. The summed E-state index contributed by atoms with van der Waals surface area (Å²) in [6, 6.07) is 5.16. The molecule has 0 spiro atoms. The molecular formula is C15H19N7O3. The van der Waals surface area contributed by atoms with Crippen LogP contribution in [0.3, 0.4) is 0 Å². The van der Waals surface area contributed by atoms with Gasteiger partial charge in [-0.15, -0.1) is 0 Å². The van der Waals surface area contributed by atoms with Crippen molar-refractivity contribution in [3.05, 3.63) is 46.9 Å². The number of hydrogen-bond donors (Lipinski definition) is 2. The van der Waals surface area contributed by atoms with E-state index in [0.717, 1.165) is 0 Å². The van der Waals surface area contributed by atoms with Crippen LogP contribution in [0.25, 0.3) is 5.65 Å². The first-order valence-electron chi connectivity index (χ1n) is 7.68. The van der Waals surface area contributed by atoms with Gasteiger partial charge in [-0.1, -0.05) is 6.07 Å². The Kier molecular flexibility index (Phi) is 4.63. The van der Waals surface area contributed by atoms with Crippen LogP contribution in [0.5, 0.6) is 0 Å². The average molecular weight is 345 g/mol. The van der Waals surface area contributed by atoms with Crippen molar-refractivity contribution in [1.29, 1.82) is 0 Å². The van der Waals surface area contributed by atoms with Crippen LogP contribution in [-0.4, -0.2) is 60.8 Å². The number of rotatable bonds is 7. The van der Waals surface area contributed by atoms with E-state index in [2.05, 4.69) is 15.4 Å². The van der Waals surface area contributed by atoms with Crippen molar-refractivity contribution in [2.45, 2.75) is 12.6 Å². The number of nitrogens with zero attached hydrogens (tertiary/aromatic N) is 6. The number of anilines is 2. The third kappa shape index (κ3) is 3.75. The van der Waals surface area contributed by atoms with E-state index < -0.39 is 11.0 Å². The fraction of sp³-hybridized carbons (Fsp3) is 0.333. The van der Waals surface area contributed by atoms with Gasteiger partial charge in [-0.2, -0.15) is 14.5 Å². The lowest BCUT2D eigenvalue weighted by Crippen LogP contribution is -2.29. The molecule has 1 atom stereocenters. The Morgan fingerprint density at radius 2 is 2.24 bits per heavy atom. The smallest absolute Gasteiger partial charge is 0.372 e. The monoisotopic (exact) mass is 345 g/mol. The van der Waals surface area contributed by atoms with E-state index in [9.17, 15) is 15.2 Å². The summed E-state index contributed by atoms with van der Waals surface area (Å²) < 4.78 is 2.99. The van der Waals surface area contributed by atoms with E-state index in [-0.39, 0.29) is 11.6 Å². The van der Waals surface area contributed by atoms with Gasteiger partial charge in [0, 0.05) is 18.8 Å². The minimum atomic E-state index is -0.563. The molecule has 2 N–H and O–H groups in total. The van der Waals surface area contributed by atoms with E-state index in [4.69, 9.17) is 0 Å². The van der Waals surface area contributed by atoms with Crippen LogP contribution in [0.2, 0.25) is 0 Å². The number of aliphatic hydroxyl groups is 1. The predicted octanol–water partition coefficient (Wildman–Crippen LogP) is 1.11. The first-order valence-corrected chi connectivity index (χ1v) is 7.68. The molecule has 0 saturated heterocycles. The van der Waals surface area contributed by atoms with Gasteiger partial charge in [0.2, 0.25) is 11.5 Å². The summed E-state index contributed by atoms with van der Waals surface area (Å²) >= 11 is 0. The molecule has 10 heteroatoms. The van der Waals surface area contributed by atoms with Gasteiger partial charge in [0.05, 0.1) is 30.7 Å². The Morgan fingerprint density at radius 3 is 2.96 bits per heavy atom. The van der Waals surface area contributed by atoms with Crippen LogP contribution in [0.4, 0.5) is 17.3 Å². The zero-order valence-corrected chi connectivity index (χ0v) is 13.9. The summed E-state index contributed by atoms with van der Waals surface area (Å²) in [6.45, 7) is 0.841. The Labute approximate surface area is 143 Å². The summed E-state index contributed by atoms with van der Waals surface area (Å²) in [5.41, 5.74) is 1.04. The molecule has 132 valence electrons. The van der Waals surface area contributed by atoms with Crippen molar-refractivity contribution in [1.82, 2.24) is 24.1 Å². The highest BCUT2D eigenvalue weighted by Gasteiger charge is 2.22. The third-order valence-corrected chi connectivity index (χ3v) is 3.55. The standard InChI is InChI=1S/C15H19N7O3/c1-19(2)9-12(23)10-20-8-11(7-16-20)17-14-15(22(24)25)21-6-4-3-5-13(21)18-14/h3-8,12,17,23H,9-10H2,1-2H3.